The minimum atomic E-state index is 0.537. The van der Waals surface area contributed by atoms with Crippen LogP contribution in [0.25, 0.3) is 5.69 Å². The standard InChI is InChI=1S/C11H9BrN2O2/c1-16-10-4-2-3-9(11(10)12)14-6-8(7-15)5-13-14/h2-7H,1H3. The molecule has 16 heavy (non-hydrogen) atoms. The highest BCUT2D eigenvalue weighted by molar-refractivity contribution is 9.10. The van der Waals surface area contributed by atoms with Crippen molar-refractivity contribution in [3.63, 3.8) is 0 Å². The van der Waals surface area contributed by atoms with Crippen LogP contribution in [0.1, 0.15) is 10.4 Å². The Morgan fingerprint density at radius 2 is 2.31 bits per heavy atom. The van der Waals surface area contributed by atoms with Gasteiger partial charge in [-0.3, -0.25) is 4.79 Å². The first kappa shape index (κ1) is 10.9. The molecule has 0 N–H and O–H groups in total. The van der Waals surface area contributed by atoms with Gasteiger partial charge in [0.25, 0.3) is 0 Å². The summed E-state index contributed by atoms with van der Waals surface area (Å²) in [5.74, 6) is 0.723. The van der Waals surface area contributed by atoms with Crippen molar-refractivity contribution in [1.82, 2.24) is 9.78 Å². The molecule has 2 rings (SSSR count). The Morgan fingerprint density at radius 3 is 2.94 bits per heavy atom. The van der Waals surface area contributed by atoms with Gasteiger partial charge in [-0.05, 0) is 28.1 Å². The average Bonchev–Trinajstić information content (AvgIpc) is 2.78. The van der Waals surface area contributed by atoms with Gasteiger partial charge in [-0.25, -0.2) is 4.68 Å². The van der Waals surface area contributed by atoms with Crippen molar-refractivity contribution in [2.45, 2.75) is 0 Å². The molecule has 5 heteroatoms. The van der Waals surface area contributed by atoms with Crippen molar-refractivity contribution in [1.29, 1.82) is 0 Å². The van der Waals surface area contributed by atoms with E-state index in [0.29, 0.717) is 5.56 Å². The maximum atomic E-state index is 10.6. The van der Waals surface area contributed by atoms with Gasteiger partial charge in [-0.15, -0.1) is 0 Å². The van der Waals surface area contributed by atoms with Gasteiger partial charge in [0.05, 0.1) is 29.0 Å². The number of benzene rings is 1. The summed E-state index contributed by atoms with van der Waals surface area (Å²) in [5, 5.41) is 4.09. The lowest BCUT2D eigenvalue weighted by molar-refractivity contribution is 0.112. The van der Waals surface area contributed by atoms with Gasteiger partial charge < -0.3 is 4.74 Å². The second kappa shape index (κ2) is 4.49. The number of carbonyl (C=O) groups excluding carboxylic acids is 1. The van der Waals surface area contributed by atoms with Crippen molar-refractivity contribution in [3.8, 4) is 11.4 Å². The number of hydrogen-bond donors (Lipinski definition) is 0. The zero-order chi connectivity index (χ0) is 11.5. The first-order valence-electron chi connectivity index (χ1n) is 4.59. The maximum absolute atomic E-state index is 10.6. The molecule has 0 saturated heterocycles. The number of nitrogens with zero attached hydrogens (tertiary/aromatic N) is 2. The van der Waals surface area contributed by atoms with Crippen LogP contribution < -0.4 is 4.74 Å². The van der Waals surface area contributed by atoms with Crippen LogP contribution in [0.2, 0.25) is 0 Å². The Kier molecular flexibility index (Phi) is 3.05. The smallest absolute Gasteiger partial charge is 0.153 e. The molecule has 0 unspecified atom stereocenters. The molecule has 2 aromatic rings. The van der Waals surface area contributed by atoms with E-state index in [0.717, 1.165) is 22.2 Å². The number of ether oxygens (including phenoxy) is 1. The quantitative estimate of drug-likeness (QED) is 0.812. The summed E-state index contributed by atoms with van der Waals surface area (Å²) in [6.45, 7) is 0. The summed E-state index contributed by atoms with van der Waals surface area (Å²) in [4.78, 5) is 10.6. The number of halogens is 1. The van der Waals surface area contributed by atoms with Crippen LogP contribution in [0.4, 0.5) is 0 Å². The van der Waals surface area contributed by atoms with Crippen LogP contribution in [-0.4, -0.2) is 23.2 Å². The van der Waals surface area contributed by atoms with Gasteiger partial charge in [0.1, 0.15) is 5.75 Å². The van der Waals surface area contributed by atoms with Gasteiger partial charge in [0, 0.05) is 6.20 Å². The third-order valence-electron chi connectivity index (χ3n) is 2.15. The second-order valence-electron chi connectivity index (χ2n) is 3.13. The summed E-state index contributed by atoms with van der Waals surface area (Å²) in [6.07, 6.45) is 3.93. The highest BCUT2D eigenvalue weighted by Crippen LogP contribution is 2.30. The molecule has 0 aliphatic rings. The molecule has 0 spiro atoms. The Hall–Kier alpha value is -1.62. The van der Waals surface area contributed by atoms with Crippen molar-refractivity contribution < 1.29 is 9.53 Å². The van der Waals surface area contributed by atoms with Crippen molar-refractivity contribution in [3.05, 3.63) is 40.6 Å². The molecular weight excluding hydrogens is 272 g/mol. The summed E-state index contributed by atoms with van der Waals surface area (Å²) >= 11 is 3.44. The summed E-state index contributed by atoms with van der Waals surface area (Å²) in [6, 6.07) is 5.59. The molecule has 0 fully saturated rings. The molecule has 0 atom stereocenters. The van der Waals surface area contributed by atoms with Gasteiger partial charge in [0.2, 0.25) is 0 Å². The number of rotatable bonds is 3. The highest BCUT2D eigenvalue weighted by Gasteiger charge is 2.08. The van der Waals surface area contributed by atoms with Crippen molar-refractivity contribution >= 4 is 22.2 Å². The van der Waals surface area contributed by atoms with Crippen LogP contribution >= 0.6 is 15.9 Å². The molecule has 1 aromatic heterocycles. The Labute approximate surface area is 101 Å². The summed E-state index contributed by atoms with van der Waals surface area (Å²) < 4.78 is 7.61. The van der Waals surface area contributed by atoms with Gasteiger partial charge in [-0.2, -0.15) is 5.10 Å². The number of aldehydes is 1. The number of methoxy groups -OCH3 is 1. The fraction of sp³-hybridized carbons (Fsp3) is 0.0909. The number of carbonyl (C=O) groups is 1. The normalized spacial score (nSPS) is 10.1. The minimum Gasteiger partial charge on any atom is -0.495 e. The molecule has 0 radical (unpaired) electrons. The van der Waals surface area contributed by atoms with E-state index in [-0.39, 0.29) is 0 Å². The van der Waals surface area contributed by atoms with Gasteiger partial charge >= 0.3 is 0 Å². The highest BCUT2D eigenvalue weighted by atomic mass is 79.9. The predicted molar refractivity (Wildman–Crippen MR) is 63.2 cm³/mol. The first-order chi connectivity index (χ1) is 7.76. The van der Waals surface area contributed by atoms with E-state index in [9.17, 15) is 4.79 Å². The molecule has 0 saturated carbocycles. The summed E-state index contributed by atoms with van der Waals surface area (Å²) in [7, 11) is 1.60. The first-order valence-corrected chi connectivity index (χ1v) is 5.38. The van der Waals surface area contributed by atoms with Gasteiger partial charge in [-0.1, -0.05) is 6.07 Å². The zero-order valence-electron chi connectivity index (χ0n) is 8.55. The van der Waals surface area contributed by atoms with E-state index >= 15 is 0 Å². The average molecular weight is 281 g/mol. The van der Waals surface area contributed by atoms with E-state index in [1.54, 1.807) is 18.0 Å². The largest absolute Gasteiger partial charge is 0.495 e. The molecule has 82 valence electrons. The Morgan fingerprint density at radius 1 is 1.50 bits per heavy atom. The fourth-order valence-electron chi connectivity index (χ4n) is 1.36. The van der Waals surface area contributed by atoms with E-state index in [1.165, 1.54) is 6.20 Å². The lowest BCUT2D eigenvalue weighted by atomic mass is 10.3. The molecular formula is C11H9BrN2O2. The van der Waals surface area contributed by atoms with Crippen LogP contribution in [0.3, 0.4) is 0 Å². The van der Waals surface area contributed by atoms with E-state index < -0.39 is 0 Å². The SMILES string of the molecule is COc1cccc(-n2cc(C=O)cn2)c1Br. The topological polar surface area (TPSA) is 44.1 Å². The van der Waals surface area contributed by atoms with E-state index in [4.69, 9.17) is 4.74 Å². The number of aromatic nitrogens is 2. The fourth-order valence-corrected chi connectivity index (χ4v) is 1.97. The molecule has 1 heterocycles. The maximum Gasteiger partial charge on any atom is 0.153 e. The third kappa shape index (κ3) is 1.86. The van der Waals surface area contributed by atoms with E-state index in [1.807, 2.05) is 18.2 Å². The monoisotopic (exact) mass is 280 g/mol. The predicted octanol–water partition coefficient (Wildman–Crippen LogP) is 2.46. The van der Waals surface area contributed by atoms with E-state index in [2.05, 4.69) is 21.0 Å². The van der Waals surface area contributed by atoms with Crippen LogP contribution in [0.15, 0.2) is 35.1 Å². The third-order valence-corrected chi connectivity index (χ3v) is 2.95. The van der Waals surface area contributed by atoms with Crippen molar-refractivity contribution in [2.24, 2.45) is 0 Å². The van der Waals surface area contributed by atoms with Crippen LogP contribution in [-0.2, 0) is 0 Å². The van der Waals surface area contributed by atoms with Gasteiger partial charge in [0.15, 0.2) is 6.29 Å². The lowest BCUT2D eigenvalue weighted by Crippen LogP contribution is -1.97. The minimum absolute atomic E-state index is 0.537. The van der Waals surface area contributed by atoms with Crippen LogP contribution in [0.5, 0.6) is 5.75 Å². The molecule has 0 amide bonds. The molecule has 0 aliphatic heterocycles. The lowest BCUT2D eigenvalue weighted by Gasteiger charge is -2.08. The molecule has 0 bridgehead atoms. The number of hydrogen-bond acceptors (Lipinski definition) is 3. The molecule has 0 aliphatic carbocycles. The molecule has 4 nitrogen and oxygen atoms in total. The second-order valence-corrected chi connectivity index (χ2v) is 3.92. The van der Waals surface area contributed by atoms with Crippen LogP contribution in [0, 0.1) is 0 Å². The molecule has 1 aromatic carbocycles. The zero-order valence-corrected chi connectivity index (χ0v) is 10.1. The van der Waals surface area contributed by atoms with Crippen molar-refractivity contribution in [2.75, 3.05) is 7.11 Å². The Balaban J connectivity index is 2.51. The summed E-state index contributed by atoms with van der Waals surface area (Å²) in [5.41, 5.74) is 1.36. The Bertz CT molecular complexity index is 522.